The van der Waals surface area contributed by atoms with E-state index < -0.39 is 0 Å². The lowest BCUT2D eigenvalue weighted by atomic mass is 10.2. The smallest absolute Gasteiger partial charge is 0.0893 e. The number of aromatic nitrogens is 2. The summed E-state index contributed by atoms with van der Waals surface area (Å²) in [5, 5.41) is 9.50. The molecule has 2 unspecified atom stereocenters. The standard InChI is InChI=1S/C9H15N3S/c1-2-3-7-4-9(7)10-5-8-6-13-12-11-8/h6-7,9-10H,2-5H2,1H3. The Hall–Kier alpha value is -0.480. The summed E-state index contributed by atoms with van der Waals surface area (Å²) in [5.41, 5.74) is 1.08. The molecule has 13 heavy (non-hydrogen) atoms. The molecule has 1 aliphatic carbocycles. The first-order valence-corrected chi connectivity index (χ1v) is 5.73. The van der Waals surface area contributed by atoms with Gasteiger partial charge in [-0.3, -0.25) is 0 Å². The summed E-state index contributed by atoms with van der Waals surface area (Å²) >= 11 is 1.42. The van der Waals surface area contributed by atoms with Crippen LogP contribution in [-0.4, -0.2) is 15.6 Å². The first-order chi connectivity index (χ1) is 6.40. The van der Waals surface area contributed by atoms with Crippen molar-refractivity contribution in [3.8, 4) is 0 Å². The van der Waals surface area contributed by atoms with Crippen LogP contribution < -0.4 is 5.32 Å². The minimum absolute atomic E-state index is 0.752. The highest BCUT2D eigenvalue weighted by Gasteiger charge is 2.35. The van der Waals surface area contributed by atoms with E-state index in [1.807, 2.05) is 5.38 Å². The molecule has 0 radical (unpaired) electrons. The maximum Gasteiger partial charge on any atom is 0.0893 e. The second kappa shape index (κ2) is 4.15. The van der Waals surface area contributed by atoms with Gasteiger partial charge in [0.15, 0.2) is 0 Å². The van der Waals surface area contributed by atoms with Crippen molar-refractivity contribution < 1.29 is 0 Å². The van der Waals surface area contributed by atoms with E-state index in [1.54, 1.807) is 0 Å². The molecule has 0 amide bonds. The van der Waals surface area contributed by atoms with E-state index in [0.717, 1.165) is 24.2 Å². The van der Waals surface area contributed by atoms with Crippen LogP contribution in [0.15, 0.2) is 5.38 Å². The molecule has 1 fully saturated rings. The van der Waals surface area contributed by atoms with Crippen LogP contribution in [0.1, 0.15) is 31.9 Å². The molecular formula is C9H15N3S. The van der Waals surface area contributed by atoms with Crippen molar-refractivity contribution >= 4 is 11.5 Å². The summed E-state index contributed by atoms with van der Waals surface area (Å²) in [6.07, 6.45) is 4.03. The summed E-state index contributed by atoms with van der Waals surface area (Å²) in [6.45, 7) is 3.14. The van der Waals surface area contributed by atoms with Gasteiger partial charge in [0.05, 0.1) is 5.69 Å². The van der Waals surface area contributed by atoms with Crippen LogP contribution in [0.25, 0.3) is 0 Å². The maximum atomic E-state index is 3.99. The van der Waals surface area contributed by atoms with Crippen molar-refractivity contribution in [2.45, 2.75) is 38.8 Å². The van der Waals surface area contributed by atoms with E-state index in [9.17, 15) is 0 Å². The van der Waals surface area contributed by atoms with Gasteiger partial charge in [0, 0.05) is 18.0 Å². The lowest BCUT2D eigenvalue weighted by Crippen LogP contribution is -2.17. The van der Waals surface area contributed by atoms with Crippen LogP contribution in [-0.2, 0) is 6.54 Å². The molecule has 1 saturated carbocycles. The fourth-order valence-electron chi connectivity index (χ4n) is 1.68. The average Bonchev–Trinajstić information content (AvgIpc) is 2.66. The van der Waals surface area contributed by atoms with E-state index >= 15 is 0 Å². The van der Waals surface area contributed by atoms with Crippen LogP contribution in [0.5, 0.6) is 0 Å². The molecule has 1 aromatic rings. The molecule has 0 spiro atoms. The molecule has 72 valence electrons. The summed E-state index contributed by atoms with van der Waals surface area (Å²) < 4.78 is 3.83. The van der Waals surface area contributed by atoms with Gasteiger partial charge in [-0.25, -0.2) is 0 Å². The van der Waals surface area contributed by atoms with Crippen molar-refractivity contribution in [3.05, 3.63) is 11.1 Å². The van der Waals surface area contributed by atoms with Gasteiger partial charge in [0.2, 0.25) is 0 Å². The average molecular weight is 197 g/mol. The Bertz CT molecular complexity index is 247. The maximum absolute atomic E-state index is 3.99. The summed E-state index contributed by atoms with van der Waals surface area (Å²) in [5.74, 6) is 0.927. The van der Waals surface area contributed by atoms with E-state index in [2.05, 4.69) is 21.8 Å². The lowest BCUT2D eigenvalue weighted by Gasteiger charge is -1.99. The first-order valence-electron chi connectivity index (χ1n) is 4.89. The molecule has 0 aromatic carbocycles. The van der Waals surface area contributed by atoms with Crippen molar-refractivity contribution in [1.29, 1.82) is 0 Å². The van der Waals surface area contributed by atoms with Gasteiger partial charge in [-0.1, -0.05) is 17.8 Å². The van der Waals surface area contributed by atoms with Crippen LogP contribution in [0, 0.1) is 5.92 Å². The number of hydrogen-bond donors (Lipinski definition) is 1. The highest BCUT2D eigenvalue weighted by atomic mass is 32.1. The van der Waals surface area contributed by atoms with Crippen molar-refractivity contribution in [3.63, 3.8) is 0 Å². The fourth-order valence-corrected chi connectivity index (χ4v) is 2.14. The van der Waals surface area contributed by atoms with E-state index in [4.69, 9.17) is 0 Å². The summed E-state index contributed by atoms with van der Waals surface area (Å²) in [6, 6.07) is 0.752. The largest absolute Gasteiger partial charge is 0.308 e. The first kappa shape index (κ1) is 9.09. The zero-order valence-electron chi connectivity index (χ0n) is 7.86. The summed E-state index contributed by atoms with van der Waals surface area (Å²) in [4.78, 5) is 0. The second-order valence-corrected chi connectivity index (χ2v) is 4.28. The van der Waals surface area contributed by atoms with Gasteiger partial charge in [0.1, 0.15) is 0 Å². The molecule has 2 atom stereocenters. The number of nitrogens with zero attached hydrogens (tertiary/aromatic N) is 2. The highest BCUT2D eigenvalue weighted by molar-refractivity contribution is 7.03. The van der Waals surface area contributed by atoms with Gasteiger partial charge in [-0.15, -0.1) is 5.10 Å². The molecule has 1 aliphatic rings. The van der Waals surface area contributed by atoms with Gasteiger partial charge in [-0.2, -0.15) is 0 Å². The molecule has 1 aromatic heterocycles. The zero-order chi connectivity index (χ0) is 9.10. The SMILES string of the molecule is CCCC1CC1NCc1csnn1. The van der Waals surface area contributed by atoms with Crippen molar-refractivity contribution in [2.75, 3.05) is 0 Å². The highest BCUT2D eigenvalue weighted by Crippen LogP contribution is 2.34. The Labute approximate surface area is 82.7 Å². The van der Waals surface area contributed by atoms with Gasteiger partial charge in [-0.05, 0) is 30.3 Å². The van der Waals surface area contributed by atoms with Gasteiger partial charge >= 0.3 is 0 Å². The minimum Gasteiger partial charge on any atom is -0.308 e. The Kier molecular flexibility index (Phi) is 2.90. The van der Waals surface area contributed by atoms with Gasteiger partial charge in [0.25, 0.3) is 0 Å². The molecule has 3 nitrogen and oxygen atoms in total. The Morgan fingerprint density at radius 2 is 2.62 bits per heavy atom. The predicted molar refractivity (Wildman–Crippen MR) is 53.6 cm³/mol. The molecule has 0 saturated heterocycles. The normalized spacial score (nSPS) is 26.2. The van der Waals surface area contributed by atoms with E-state index in [-0.39, 0.29) is 0 Å². The minimum atomic E-state index is 0.752. The van der Waals surface area contributed by atoms with E-state index in [0.29, 0.717) is 0 Å². The fraction of sp³-hybridized carbons (Fsp3) is 0.778. The van der Waals surface area contributed by atoms with Crippen molar-refractivity contribution in [2.24, 2.45) is 5.92 Å². The Morgan fingerprint density at radius 1 is 1.69 bits per heavy atom. The molecule has 0 bridgehead atoms. The third-order valence-electron chi connectivity index (χ3n) is 2.53. The van der Waals surface area contributed by atoms with Crippen molar-refractivity contribution in [1.82, 2.24) is 14.9 Å². The second-order valence-electron chi connectivity index (χ2n) is 3.67. The van der Waals surface area contributed by atoms with Crippen LogP contribution >= 0.6 is 11.5 Å². The Morgan fingerprint density at radius 3 is 3.31 bits per heavy atom. The monoisotopic (exact) mass is 197 g/mol. The topological polar surface area (TPSA) is 37.8 Å². The molecule has 0 aliphatic heterocycles. The predicted octanol–water partition coefficient (Wildman–Crippen LogP) is 1.82. The molecule has 1 heterocycles. The third kappa shape index (κ3) is 2.48. The molecule has 4 heteroatoms. The zero-order valence-corrected chi connectivity index (χ0v) is 8.68. The molecule has 1 N–H and O–H groups in total. The number of hydrogen-bond acceptors (Lipinski definition) is 4. The van der Waals surface area contributed by atoms with Crippen LogP contribution in [0.4, 0.5) is 0 Å². The number of nitrogens with one attached hydrogen (secondary N) is 1. The third-order valence-corrected chi connectivity index (χ3v) is 3.09. The summed E-state index contributed by atoms with van der Waals surface area (Å²) in [7, 11) is 0. The Balaban J connectivity index is 1.65. The van der Waals surface area contributed by atoms with Gasteiger partial charge < -0.3 is 5.32 Å². The van der Waals surface area contributed by atoms with Crippen LogP contribution in [0.3, 0.4) is 0 Å². The number of rotatable bonds is 5. The van der Waals surface area contributed by atoms with Crippen LogP contribution in [0.2, 0.25) is 0 Å². The van der Waals surface area contributed by atoms with E-state index in [1.165, 1.54) is 30.8 Å². The molecular weight excluding hydrogens is 182 g/mol. The lowest BCUT2D eigenvalue weighted by molar-refractivity contribution is 0.593. The molecule has 2 rings (SSSR count). The quantitative estimate of drug-likeness (QED) is 0.782.